The molecule has 1 aromatic carbocycles. The molecule has 1 atom stereocenters. The van der Waals surface area contributed by atoms with Crippen LogP contribution in [0.25, 0.3) is 0 Å². The van der Waals surface area contributed by atoms with Gasteiger partial charge in [-0.1, -0.05) is 0 Å². The van der Waals surface area contributed by atoms with Crippen LogP contribution in [-0.4, -0.2) is 43.3 Å². The number of anilines is 1. The highest BCUT2D eigenvalue weighted by Crippen LogP contribution is 2.24. The Bertz CT molecular complexity index is 618. The molecule has 7 nitrogen and oxygen atoms in total. The number of primary amides is 1. The Kier molecular flexibility index (Phi) is 6.25. The highest BCUT2D eigenvalue weighted by molar-refractivity contribution is 6.40. The molecule has 0 radical (unpaired) electrons. The lowest BCUT2D eigenvalue weighted by Gasteiger charge is -2.20. The first-order chi connectivity index (χ1) is 11.5. The molecule has 0 spiro atoms. The normalized spacial score (nSPS) is 16.8. The number of rotatable bonds is 8. The molecule has 0 saturated heterocycles. The van der Waals surface area contributed by atoms with Crippen LogP contribution in [0.3, 0.4) is 0 Å². The first-order valence-electron chi connectivity index (χ1n) is 7.80. The van der Waals surface area contributed by atoms with Crippen LogP contribution in [0.5, 0.6) is 0 Å². The van der Waals surface area contributed by atoms with E-state index in [1.807, 2.05) is 6.92 Å². The second kappa shape index (κ2) is 8.39. The number of benzene rings is 1. The van der Waals surface area contributed by atoms with Crippen LogP contribution in [0.15, 0.2) is 29.4 Å². The highest BCUT2D eigenvalue weighted by atomic mass is 19.1. The monoisotopic (exact) mass is 336 g/mol. The summed E-state index contributed by atoms with van der Waals surface area (Å²) in [5, 5.41) is 8.28. The Hall–Kier alpha value is -2.48. The summed E-state index contributed by atoms with van der Waals surface area (Å²) in [4.78, 5) is 23.8. The lowest BCUT2D eigenvalue weighted by Crippen LogP contribution is -2.40. The summed E-state index contributed by atoms with van der Waals surface area (Å²) in [6.45, 7) is 3.55. The van der Waals surface area contributed by atoms with Gasteiger partial charge in [0.2, 0.25) is 5.91 Å². The van der Waals surface area contributed by atoms with E-state index < -0.39 is 17.8 Å². The van der Waals surface area contributed by atoms with E-state index in [1.165, 1.54) is 29.3 Å². The first-order valence-corrected chi connectivity index (χ1v) is 7.80. The SMILES string of the molecule is CCOCCCNC(=O)C1=NN(c2ccc(F)cc2)C(C(N)=O)C1. The van der Waals surface area contributed by atoms with Gasteiger partial charge < -0.3 is 15.8 Å². The second-order valence-electron chi connectivity index (χ2n) is 5.30. The second-order valence-corrected chi connectivity index (χ2v) is 5.30. The van der Waals surface area contributed by atoms with Gasteiger partial charge in [0.25, 0.3) is 5.91 Å². The van der Waals surface area contributed by atoms with E-state index in [-0.39, 0.29) is 18.0 Å². The highest BCUT2D eigenvalue weighted by Gasteiger charge is 2.34. The molecule has 24 heavy (non-hydrogen) atoms. The van der Waals surface area contributed by atoms with Gasteiger partial charge in [0.15, 0.2) is 0 Å². The zero-order valence-electron chi connectivity index (χ0n) is 13.5. The Labute approximate surface area is 139 Å². The number of hydrogen-bond acceptors (Lipinski definition) is 5. The fourth-order valence-electron chi connectivity index (χ4n) is 2.32. The lowest BCUT2D eigenvalue weighted by molar-refractivity contribution is -0.119. The van der Waals surface area contributed by atoms with E-state index >= 15 is 0 Å². The van der Waals surface area contributed by atoms with Crippen LogP contribution in [0.2, 0.25) is 0 Å². The number of hydrogen-bond donors (Lipinski definition) is 2. The van der Waals surface area contributed by atoms with Crippen LogP contribution in [-0.2, 0) is 14.3 Å². The summed E-state index contributed by atoms with van der Waals surface area (Å²) in [5.74, 6) is -1.34. The third-order valence-electron chi connectivity index (χ3n) is 3.55. The minimum Gasteiger partial charge on any atom is -0.382 e. The summed E-state index contributed by atoms with van der Waals surface area (Å²) in [6.07, 6.45) is 0.803. The number of ether oxygens (including phenoxy) is 1. The van der Waals surface area contributed by atoms with E-state index in [2.05, 4.69) is 10.4 Å². The molecule has 0 fully saturated rings. The average Bonchev–Trinajstić information content (AvgIpc) is 3.01. The number of nitrogens with two attached hydrogens (primary N) is 1. The van der Waals surface area contributed by atoms with Crippen molar-refractivity contribution in [2.24, 2.45) is 10.8 Å². The third-order valence-corrected chi connectivity index (χ3v) is 3.55. The number of carbonyl (C=O) groups is 2. The molecular formula is C16H21FN4O3. The molecule has 3 N–H and O–H groups in total. The van der Waals surface area contributed by atoms with Gasteiger partial charge in [-0.2, -0.15) is 5.10 Å². The zero-order valence-corrected chi connectivity index (χ0v) is 13.5. The number of amides is 2. The topological polar surface area (TPSA) is 97.0 Å². The number of nitrogens with one attached hydrogen (secondary N) is 1. The molecule has 1 heterocycles. The van der Waals surface area contributed by atoms with Gasteiger partial charge in [0.1, 0.15) is 17.6 Å². The van der Waals surface area contributed by atoms with Crippen molar-refractivity contribution in [3.05, 3.63) is 30.1 Å². The molecular weight excluding hydrogens is 315 g/mol. The standard InChI is InChI=1S/C16H21FN4O3/c1-2-24-9-3-8-19-16(23)13-10-14(15(18)22)21(20-13)12-6-4-11(17)5-7-12/h4-7,14H,2-3,8-10H2,1H3,(H2,18,22)(H,19,23). The molecule has 0 bridgehead atoms. The Morgan fingerprint density at radius 2 is 2.12 bits per heavy atom. The van der Waals surface area contributed by atoms with Crippen molar-refractivity contribution in [1.29, 1.82) is 0 Å². The van der Waals surface area contributed by atoms with Crippen LogP contribution in [0, 0.1) is 5.82 Å². The zero-order chi connectivity index (χ0) is 17.5. The number of hydrazone groups is 1. The van der Waals surface area contributed by atoms with Crippen molar-refractivity contribution < 1.29 is 18.7 Å². The van der Waals surface area contributed by atoms with Crippen molar-refractivity contribution >= 4 is 23.2 Å². The molecule has 1 aliphatic rings. The van der Waals surface area contributed by atoms with Crippen LogP contribution in [0.1, 0.15) is 19.8 Å². The molecule has 0 aromatic heterocycles. The summed E-state index contributed by atoms with van der Waals surface area (Å²) in [6, 6.07) is 4.72. The molecule has 1 aromatic rings. The minimum atomic E-state index is -0.764. The molecule has 2 rings (SSSR count). The molecule has 1 unspecified atom stereocenters. The smallest absolute Gasteiger partial charge is 0.267 e. The average molecular weight is 336 g/mol. The maximum Gasteiger partial charge on any atom is 0.267 e. The van der Waals surface area contributed by atoms with Gasteiger partial charge in [-0.25, -0.2) is 4.39 Å². The van der Waals surface area contributed by atoms with E-state index in [1.54, 1.807) is 0 Å². The van der Waals surface area contributed by atoms with Gasteiger partial charge in [-0.05, 0) is 37.6 Å². The molecule has 2 amide bonds. The van der Waals surface area contributed by atoms with Crippen molar-refractivity contribution in [1.82, 2.24) is 5.32 Å². The fourth-order valence-corrected chi connectivity index (χ4v) is 2.32. The lowest BCUT2D eigenvalue weighted by atomic mass is 10.1. The van der Waals surface area contributed by atoms with Crippen molar-refractivity contribution in [2.45, 2.75) is 25.8 Å². The van der Waals surface area contributed by atoms with Gasteiger partial charge in [-0.15, -0.1) is 0 Å². The van der Waals surface area contributed by atoms with Crippen molar-refractivity contribution in [2.75, 3.05) is 24.8 Å². The number of nitrogens with zero attached hydrogens (tertiary/aromatic N) is 2. The minimum absolute atomic E-state index is 0.115. The Morgan fingerprint density at radius 1 is 1.42 bits per heavy atom. The van der Waals surface area contributed by atoms with E-state index in [0.29, 0.717) is 31.9 Å². The molecule has 0 aliphatic carbocycles. The Balaban J connectivity index is 2.02. The summed E-state index contributed by atoms with van der Waals surface area (Å²) in [5.41, 5.74) is 6.12. The molecule has 8 heteroatoms. The molecule has 1 aliphatic heterocycles. The summed E-state index contributed by atoms with van der Waals surface area (Å²) < 4.78 is 18.2. The first kappa shape index (κ1) is 17.9. The van der Waals surface area contributed by atoms with Crippen LogP contribution in [0.4, 0.5) is 10.1 Å². The van der Waals surface area contributed by atoms with Crippen LogP contribution < -0.4 is 16.1 Å². The van der Waals surface area contributed by atoms with Gasteiger partial charge in [0, 0.05) is 26.2 Å². The summed E-state index contributed by atoms with van der Waals surface area (Å²) in [7, 11) is 0. The van der Waals surface area contributed by atoms with Gasteiger partial charge in [0.05, 0.1) is 5.69 Å². The predicted octanol–water partition coefficient (Wildman–Crippen LogP) is 0.789. The number of carbonyl (C=O) groups excluding carboxylic acids is 2. The van der Waals surface area contributed by atoms with Crippen molar-refractivity contribution in [3.8, 4) is 0 Å². The maximum absolute atomic E-state index is 13.0. The van der Waals surface area contributed by atoms with E-state index in [4.69, 9.17) is 10.5 Å². The van der Waals surface area contributed by atoms with Crippen molar-refractivity contribution in [3.63, 3.8) is 0 Å². The summed E-state index contributed by atoms with van der Waals surface area (Å²) >= 11 is 0. The van der Waals surface area contributed by atoms with E-state index in [9.17, 15) is 14.0 Å². The van der Waals surface area contributed by atoms with Crippen LogP contribution >= 0.6 is 0 Å². The van der Waals surface area contributed by atoms with Gasteiger partial charge >= 0.3 is 0 Å². The van der Waals surface area contributed by atoms with Gasteiger partial charge in [-0.3, -0.25) is 14.6 Å². The fraction of sp³-hybridized carbons (Fsp3) is 0.438. The molecule has 130 valence electrons. The largest absolute Gasteiger partial charge is 0.382 e. The predicted molar refractivity (Wildman–Crippen MR) is 88.0 cm³/mol. The quantitative estimate of drug-likeness (QED) is 0.686. The number of halogens is 1. The third kappa shape index (κ3) is 4.51. The molecule has 0 saturated carbocycles. The Morgan fingerprint density at radius 3 is 2.75 bits per heavy atom. The van der Waals surface area contributed by atoms with E-state index in [0.717, 1.165) is 0 Å². The maximum atomic E-state index is 13.0.